The van der Waals surface area contributed by atoms with Gasteiger partial charge in [-0.05, 0) is 36.4 Å². The van der Waals surface area contributed by atoms with Gasteiger partial charge in [-0.25, -0.2) is 13.4 Å². The number of aromatic nitrogens is 3. The standard InChI is InChI=1S/C13H12N4O3S/c1-20-9-4-6-10(7-5-9)21(18,19)17-13-11-3-2-8-14-12(11)15-16-13/h2-8H,1H3,(H2,14,15,16,17). The number of hydrogen-bond donors (Lipinski definition) is 2. The number of pyridine rings is 1. The summed E-state index contributed by atoms with van der Waals surface area (Å²) in [6, 6.07) is 9.54. The number of benzene rings is 1. The van der Waals surface area contributed by atoms with Gasteiger partial charge in [0.25, 0.3) is 10.0 Å². The molecule has 2 aromatic heterocycles. The smallest absolute Gasteiger partial charge is 0.263 e. The summed E-state index contributed by atoms with van der Waals surface area (Å²) in [6.45, 7) is 0. The lowest BCUT2D eigenvalue weighted by Gasteiger charge is -2.06. The van der Waals surface area contributed by atoms with Crippen LogP contribution in [0.2, 0.25) is 0 Å². The molecule has 0 radical (unpaired) electrons. The van der Waals surface area contributed by atoms with Gasteiger partial charge >= 0.3 is 0 Å². The summed E-state index contributed by atoms with van der Waals surface area (Å²) in [5.41, 5.74) is 0.518. The molecule has 0 amide bonds. The van der Waals surface area contributed by atoms with Gasteiger partial charge in [0.05, 0.1) is 17.4 Å². The van der Waals surface area contributed by atoms with E-state index in [1.807, 2.05) is 0 Å². The molecule has 21 heavy (non-hydrogen) atoms. The van der Waals surface area contributed by atoms with Crippen molar-refractivity contribution in [1.29, 1.82) is 0 Å². The van der Waals surface area contributed by atoms with Crippen molar-refractivity contribution in [1.82, 2.24) is 15.2 Å². The minimum absolute atomic E-state index is 0.128. The molecule has 7 nitrogen and oxygen atoms in total. The molecule has 0 saturated carbocycles. The third-order valence-corrected chi connectivity index (χ3v) is 4.29. The second-order valence-corrected chi connectivity index (χ2v) is 5.94. The fourth-order valence-electron chi connectivity index (χ4n) is 1.87. The molecule has 2 N–H and O–H groups in total. The fourth-order valence-corrected chi connectivity index (χ4v) is 2.90. The number of nitrogens with one attached hydrogen (secondary N) is 2. The van der Waals surface area contributed by atoms with Crippen molar-refractivity contribution in [2.24, 2.45) is 0 Å². The number of aromatic amines is 1. The average molecular weight is 304 g/mol. The number of hydrogen-bond acceptors (Lipinski definition) is 5. The van der Waals surface area contributed by atoms with Gasteiger partial charge in [0.1, 0.15) is 5.75 Å². The molecule has 0 saturated heterocycles. The zero-order valence-electron chi connectivity index (χ0n) is 11.1. The first-order valence-electron chi connectivity index (χ1n) is 6.06. The highest BCUT2D eigenvalue weighted by molar-refractivity contribution is 7.92. The van der Waals surface area contributed by atoms with Crippen LogP contribution in [0, 0.1) is 0 Å². The maximum Gasteiger partial charge on any atom is 0.263 e. The molecule has 0 unspecified atom stereocenters. The van der Waals surface area contributed by atoms with Gasteiger partial charge in [-0.15, -0.1) is 0 Å². The van der Waals surface area contributed by atoms with E-state index >= 15 is 0 Å². The quantitative estimate of drug-likeness (QED) is 0.765. The normalized spacial score (nSPS) is 11.5. The lowest BCUT2D eigenvalue weighted by Crippen LogP contribution is -2.13. The zero-order valence-corrected chi connectivity index (χ0v) is 11.9. The van der Waals surface area contributed by atoms with Crippen LogP contribution in [0.1, 0.15) is 0 Å². The molecular weight excluding hydrogens is 292 g/mol. The lowest BCUT2D eigenvalue weighted by molar-refractivity contribution is 0.414. The van der Waals surface area contributed by atoms with E-state index in [2.05, 4.69) is 19.9 Å². The molecule has 0 spiro atoms. The predicted octanol–water partition coefficient (Wildman–Crippen LogP) is 1.77. The SMILES string of the molecule is COc1ccc(S(=O)(=O)Nc2n[nH]c3ncccc23)cc1. The molecule has 0 fully saturated rings. The highest BCUT2D eigenvalue weighted by Gasteiger charge is 2.17. The Morgan fingerprint density at radius 2 is 1.95 bits per heavy atom. The number of methoxy groups -OCH3 is 1. The summed E-state index contributed by atoms with van der Waals surface area (Å²) in [7, 11) is -2.20. The van der Waals surface area contributed by atoms with E-state index < -0.39 is 10.0 Å². The summed E-state index contributed by atoms with van der Waals surface area (Å²) in [5.74, 6) is 0.803. The summed E-state index contributed by atoms with van der Waals surface area (Å²) in [4.78, 5) is 4.19. The van der Waals surface area contributed by atoms with Crippen molar-refractivity contribution in [3.8, 4) is 5.75 Å². The summed E-state index contributed by atoms with van der Waals surface area (Å²) < 4.78 is 32.1. The second kappa shape index (κ2) is 5.06. The van der Waals surface area contributed by atoms with Crippen LogP contribution in [-0.2, 0) is 10.0 Å². The van der Waals surface area contributed by atoms with Crippen molar-refractivity contribution in [3.05, 3.63) is 42.6 Å². The number of fused-ring (bicyclic) bond motifs is 1. The Morgan fingerprint density at radius 3 is 2.67 bits per heavy atom. The Labute approximate surface area is 121 Å². The van der Waals surface area contributed by atoms with Crippen LogP contribution in [0.3, 0.4) is 0 Å². The highest BCUT2D eigenvalue weighted by Crippen LogP contribution is 2.22. The number of H-pyrrole nitrogens is 1. The van der Waals surface area contributed by atoms with E-state index in [0.717, 1.165) is 0 Å². The van der Waals surface area contributed by atoms with Crippen LogP contribution in [0.5, 0.6) is 5.75 Å². The molecule has 0 aliphatic rings. The lowest BCUT2D eigenvalue weighted by atomic mass is 10.3. The molecule has 3 rings (SSSR count). The Balaban J connectivity index is 1.95. The van der Waals surface area contributed by atoms with Gasteiger partial charge in [-0.2, -0.15) is 5.10 Å². The molecule has 1 aromatic carbocycles. The van der Waals surface area contributed by atoms with E-state index in [1.165, 1.54) is 19.2 Å². The average Bonchev–Trinajstić information content (AvgIpc) is 2.90. The molecule has 0 atom stereocenters. The number of anilines is 1. The first-order chi connectivity index (χ1) is 10.1. The number of rotatable bonds is 4. The van der Waals surface area contributed by atoms with Gasteiger partial charge in [-0.1, -0.05) is 0 Å². The number of sulfonamides is 1. The molecular formula is C13H12N4O3S. The van der Waals surface area contributed by atoms with Gasteiger partial charge in [0, 0.05) is 6.20 Å². The third-order valence-electron chi connectivity index (χ3n) is 2.94. The molecule has 2 heterocycles. The first kappa shape index (κ1) is 13.4. The maximum atomic E-state index is 12.3. The van der Waals surface area contributed by atoms with Crippen molar-refractivity contribution in [2.75, 3.05) is 11.8 Å². The van der Waals surface area contributed by atoms with E-state index in [-0.39, 0.29) is 10.7 Å². The van der Waals surface area contributed by atoms with Crippen LogP contribution in [0.4, 0.5) is 5.82 Å². The Kier molecular flexibility index (Phi) is 3.22. The summed E-state index contributed by atoms with van der Waals surface area (Å²) in [6.07, 6.45) is 1.60. The topological polar surface area (TPSA) is 97.0 Å². The molecule has 108 valence electrons. The molecule has 0 bridgehead atoms. The van der Waals surface area contributed by atoms with Crippen LogP contribution in [0.15, 0.2) is 47.5 Å². The van der Waals surface area contributed by atoms with E-state index in [1.54, 1.807) is 30.5 Å². The zero-order chi connectivity index (χ0) is 14.9. The van der Waals surface area contributed by atoms with Crippen LogP contribution in [0.25, 0.3) is 11.0 Å². The monoisotopic (exact) mass is 304 g/mol. The third kappa shape index (κ3) is 2.52. The Hall–Kier alpha value is -2.61. The highest BCUT2D eigenvalue weighted by atomic mass is 32.2. The van der Waals surface area contributed by atoms with E-state index in [9.17, 15) is 8.42 Å². The maximum absolute atomic E-state index is 12.3. The minimum atomic E-state index is -3.72. The van der Waals surface area contributed by atoms with Gasteiger partial charge in [0.2, 0.25) is 0 Å². The fraction of sp³-hybridized carbons (Fsp3) is 0.0769. The number of ether oxygens (including phenoxy) is 1. The second-order valence-electron chi connectivity index (χ2n) is 4.25. The number of nitrogens with zero attached hydrogens (tertiary/aromatic N) is 2. The summed E-state index contributed by atoms with van der Waals surface area (Å²) in [5, 5.41) is 7.22. The summed E-state index contributed by atoms with van der Waals surface area (Å²) >= 11 is 0. The van der Waals surface area contributed by atoms with Crippen molar-refractivity contribution in [3.63, 3.8) is 0 Å². The van der Waals surface area contributed by atoms with Crippen molar-refractivity contribution < 1.29 is 13.2 Å². The molecule has 3 aromatic rings. The van der Waals surface area contributed by atoms with Gasteiger partial charge in [0.15, 0.2) is 11.5 Å². The minimum Gasteiger partial charge on any atom is -0.497 e. The van der Waals surface area contributed by atoms with Crippen LogP contribution < -0.4 is 9.46 Å². The van der Waals surface area contributed by atoms with Gasteiger partial charge < -0.3 is 4.74 Å². The molecule has 8 heteroatoms. The Morgan fingerprint density at radius 1 is 1.19 bits per heavy atom. The van der Waals surface area contributed by atoms with Crippen molar-refractivity contribution >= 4 is 26.9 Å². The molecule has 0 aliphatic carbocycles. The molecule has 0 aliphatic heterocycles. The predicted molar refractivity (Wildman–Crippen MR) is 77.7 cm³/mol. The van der Waals surface area contributed by atoms with E-state index in [0.29, 0.717) is 16.8 Å². The van der Waals surface area contributed by atoms with Crippen LogP contribution >= 0.6 is 0 Å². The largest absolute Gasteiger partial charge is 0.497 e. The van der Waals surface area contributed by atoms with Gasteiger partial charge in [-0.3, -0.25) is 9.82 Å². The first-order valence-corrected chi connectivity index (χ1v) is 7.54. The van der Waals surface area contributed by atoms with Crippen LogP contribution in [-0.4, -0.2) is 30.7 Å². The Bertz CT molecular complexity index is 872. The van der Waals surface area contributed by atoms with E-state index in [4.69, 9.17) is 4.74 Å². The van der Waals surface area contributed by atoms with Crippen molar-refractivity contribution in [2.45, 2.75) is 4.90 Å².